The Balaban J connectivity index is 2.95. The molecule has 0 radical (unpaired) electrons. The molecule has 4 nitrogen and oxygen atoms in total. The molecule has 0 spiro atoms. The van der Waals surface area contributed by atoms with Gasteiger partial charge in [0.15, 0.2) is 6.10 Å². The van der Waals surface area contributed by atoms with Crippen LogP contribution >= 0.6 is 0 Å². The molecule has 0 amide bonds. The molecule has 106 valence electrons. The van der Waals surface area contributed by atoms with Crippen LogP contribution < -0.4 is 4.74 Å². The van der Waals surface area contributed by atoms with Crippen molar-refractivity contribution in [3.05, 3.63) is 29.6 Å². The van der Waals surface area contributed by atoms with Gasteiger partial charge in [-0.1, -0.05) is 6.92 Å². The van der Waals surface area contributed by atoms with Crippen molar-refractivity contribution in [3.63, 3.8) is 0 Å². The average molecular weight is 270 g/mol. The van der Waals surface area contributed by atoms with E-state index in [0.717, 1.165) is 6.07 Å². The molecule has 0 aliphatic heterocycles. The molecule has 1 aromatic rings. The summed E-state index contributed by atoms with van der Waals surface area (Å²) in [7, 11) is 0. The summed E-state index contributed by atoms with van der Waals surface area (Å²) in [6, 6.07) is 3.83. The van der Waals surface area contributed by atoms with Crippen molar-refractivity contribution in [2.45, 2.75) is 39.4 Å². The van der Waals surface area contributed by atoms with Crippen LogP contribution in [0.1, 0.15) is 38.9 Å². The van der Waals surface area contributed by atoms with Crippen LogP contribution in [0.5, 0.6) is 5.75 Å². The van der Waals surface area contributed by atoms with Gasteiger partial charge < -0.3 is 14.6 Å². The van der Waals surface area contributed by atoms with Gasteiger partial charge >= 0.3 is 5.97 Å². The molecule has 0 bridgehead atoms. The summed E-state index contributed by atoms with van der Waals surface area (Å²) in [5.41, 5.74) is 0.434. The molecule has 0 heterocycles. The number of aliphatic hydroxyl groups is 1. The number of carbonyl (C=O) groups excluding carboxylic acids is 1. The quantitative estimate of drug-likeness (QED) is 0.807. The van der Waals surface area contributed by atoms with E-state index >= 15 is 0 Å². The Bertz CT molecular complexity index is 431. The fourth-order valence-electron chi connectivity index (χ4n) is 1.64. The lowest BCUT2D eigenvalue weighted by Crippen LogP contribution is -2.29. The zero-order chi connectivity index (χ0) is 14.4. The zero-order valence-corrected chi connectivity index (χ0v) is 11.4. The summed E-state index contributed by atoms with van der Waals surface area (Å²) in [5.74, 6) is -0.821. The van der Waals surface area contributed by atoms with E-state index in [2.05, 4.69) is 0 Å². The number of aliphatic hydroxyl groups excluding tert-OH is 1. The van der Waals surface area contributed by atoms with Crippen LogP contribution in [0.3, 0.4) is 0 Å². The van der Waals surface area contributed by atoms with Gasteiger partial charge in [-0.3, -0.25) is 0 Å². The van der Waals surface area contributed by atoms with E-state index < -0.39 is 24.0 Å². The summed E-state index contributed by atoms with van der Waals surface area (Å²) < 4.78 is 23.6. The first-order valence-corrected chi connectivity index (χ1v) is 6.30. The van der Waals surface area contributed by atoms with Crippen molar-refractivity contribution in [1.29, 1.82) is 0 Å². The van der Waals surface area contributed by atoms with Crippen LogP contribution in [0.15, 0.2) is 18.2 Å². The molecular weight excluding hydrogens is 251 g/mol. The standard InChI is InChI=1S/C14H19FO4/c1-4-12(14(17)18-5-2)19-13-8-10(15)6-7-11(13)9(3)16/h6-9,12,16H,4-5H2,1-3H3. The normalized spacial score (nSPS) is 13.7. The van der Waals surface area contributed by atoms with Crippen molar-refractivity contribution in [1.82, 2.24) is 0 Å². The summed E-state index contributed by atoms with van der Waals surface area (Å²) in [6.07, 6.45) is -1.22. The lowest BCUT2D eigenvalue weighted by Gasteiger charge is -2.19. The van der Waals surface area contributed by atoms with Crippen LogP contribution in [-0.4, -0.2) is 23.8 Å². The number of rotatable bonds is 6. The minimum Gasteiger partial charge on any atom is -0.478 e. The highest BCUT2D eigenvalue weighted by atomic mass is 19.1. The Morgan fingerprint density at radius 3 is 2.63 bits per heavy atom. The van der Waals surface area contributed by atoms with Crippen LogP contribution in [-0.2, 0) is 9.53 Å². The smallest absolute Gasteiger partial charge is 0.347 e. The summed E-state index contributed by atoms with van der Waals surface area (Å²) >= 11 is 0. The van der Waals surface area contributed by atoms with E-state index in [1.54, 1.807) is 20.8 Å². The van der Waals surface area contributed by atoms with Gasteiger partial charge in [-0.25, -0.2) is 9.18 Å². The number of hydrogen-bond acceptors (Lipinski definition) is 4. The molecule has 1 N–H and O–H groups in total. The van der Waals surface area contributed by atoms with Crippen LogP contribution in [0.4, 0.5) is 4.39 Å². The number of halogens is 1. The first-order valence-electron chi connectivity index (χ1n) is 6.30. The van der Waals surface area contributed by atoms with Crippen LogP contribution in [0, 0.1) is 5.82 Å². The maximum atomic E-state index is 13.2. The van der Waals surface area contributed by atoms with Crippen LogP contribution in [0.2, 0.25) is 0 Å². The molecule has 0 aliphatic carbocycles. The van der Waals surface area contributed by atoms with Crippen molar-refractivity contribution >= 4 is 5.97 Å². The topological polar surface area (TPSA) is 55.8 Å². The number of esters is 1. The molecule has 19 heavy (non-hydrogen) atoms. The molecule has 0 aromatic heterocycles. The maximum Gasteiger partial charge on any atom is 0.347 e. The van der Waals surface area contributed by atoms with Crippen LogP contribution in [0.25, 0.3) is 0 Å². The van der Waals surface area contributed by atoms with Gasteiger partial charge in [-0.15, -0.1) is 0 Å². The third-order valence-corrected chi connectivity index (χ3v) is 2.62. The Kier molecular flexibility index (Phi) is 5.76. The van der Waals surface area contributed by atoms with Crippen molar-refractivity contribution in [2.75, 3.05) is 6.61 Å². The maximum absolute atomic E-state index is 13.2. The van der Waals surface area contributed by atoms with Crippen molar-refractivity contribution in [2.24, 2.45) is 0 Å². The van der Waals surface area contributed by atoms with Gasteiger partial charge in [0, 0.05) is 11.6 Å². The molecule has 1 aromatic carbocycles. The van der Waals surface area contributed by atoms with Gasteiger partial charge in [-0.2, -0.15) is 0 Å². The first-order chi connectivity index (χ1) is 8.99. The Morgan fingerprint density at radius 2 is 2.11 bits per heavy atom. The van der Waals surface area contributed by atoms with Crippen molar-refractivity contribution in [3.8, 4) is 5.75 Å². The minimum atomic E-state index is -0.810. The molecule has 1 rings (SSSR count). The van der Waals surface area contributed by atoms with Gasteiger partial charge in [0.25, 0.3) is 0 Å². The SMILES string of the molecule is CCOC(=O)C(CC)Oc1cc(F)ccc1C(C)O. The molecule has 0 fully saturated rings. The Morgan fingerprint density at radius 1 is 1.42 bits per heavy atom. The van der Waals surface area contributed by atoms with Gasteiger partial charge in [0.05, 0.1) is 12.7 Å². The molecule has 0 saturated heterocycles. The average Bonchev–Trinajstić information content (AvgIpc) is 2.35. The minimum absolute atomic E-state index is 0.162. The highest BCUT2D eigenvalue weighted by Crippen LogP contribution is 2.27. The van der Waals surface area contributed by atoms with Gasteiger partial charge in [-0.05, 0) is 32.4 Å². The molecule has 2 atom stereocenters. The fourth-order valence-corrected chi connectivity index (χ4v) is 1.64. The molecule has 0 aliphatic rings. The number of carbonyl (C=O) groups is 1. The van der Waals surface area contributed by atoms with E-state index in [1.165, 1.54) is 12.1 Å². The fraction of sp³-hybridized carbons (Fsp3) is 0.500. The molecule has 2 unspecified atom stereocenters. The highest BCUT2D eigenvalue weighted by molar-refractivity contribution is 5.75. The van der Waals surface area contributed by atoms with Gasteiger partial charge in [0.2, 0.25) is 0 Å². The predicted molar refractivity (Wildman–Crippen MR) is 68.4 cm³/mol. The number of benzene rings is 1. The summed E-state index contributed by atoms with van der Waals surface area (Å²) in [5, 5.41) is 9.60. The van der Waals surface area contributed by atoms with E-state index in [9.17, 15) is 14.3 Å². The zero-order valence-electron chi connectivity index (χ0n) is 11.4. The largest absolute Gasteiger partial charge is 0.478 e. The van der Waals surface area contributed by atoms with Crippen molar-refractivity contribution < 1.29 is 23.8 Å². The van der Waals surface area contributed by atoms with E-state index in [-0.39, 0.29) is 12.4 Å². The number of ether oxygens (including phenoxy) is 2. The monoisotopic (exact) mass is 270 g/mol. The lowest BCUT2D eigenvalue weighted by molar-refractivity contribution is -0.151. The molecule has 5 heteroatoms. The highest BCUT2D eigenvalue weighted by Gasteiger charge is 2.22. The van der Waals surface area contributed by atoms with E-state index in [4.69, 9.17) is 9.47 Å². The second-order valence-electron chi connectivity index (χ2n) is 4.12. The summed E-state index contributed by atoms with van der Waals surface area (Å²) in [4.78, 5) is 11.6. The lowest BCUT2D eigenvalue weighted by atomic mass is 10.1. The Labute approximate surface area is 112 Å². The van der Waals surface area contributed by atoms with Gasteiger partial charge in [0.1, 0.15) is 11.6 Å². The van der Waals surface area contributed by atoms with E-state index in [0.29, 0.717) is 12.0 Å². The first kappa shape index (κ1) is 15.4. The predicted octanol–water partition coefficient (Wildman–Crippen LogP) is 2.60. The van der Waals surface area contributed by atoms with E-state index in [1.807, 2.05) is 0 Å². The third kappa shape index (κ3) is 4.21. The number of hydrogen-bond donors (Lipinski definition) is 1. The molecule has 0 saturated carbocycles. The molecular formula is C14H19FO4. The second-order valence-corrected chi connectivity index (χ2v) is 4.12. The second kappa shape index (κ2) is 7.09. The Hall–Kier alpha value is -1.62. The third-order valence-electron chi connectivity index (χ3n) is 2.62. The summed E-state index contributed by atoms with van der Waals surface area (Å²) in [6.45, 7) is 5.27.